The third kappa shape index (κ3) is 1.16. The molecule has 1 radical (unpaired) electrons. The maximum Gasteiger partial charge on any atom is 0.0365 e. The average molecular weight is 98.2 g/mol. The Morgan fingerprint density at radius 2 is 2.29 bits per heavy atom. The van der Waals surface area contributed by atoms with Crippen LogP contribution in [0, 0.1) is 12.0 Å². The molecule has 1 heteroatoms. The molecule has 0 atom stereocenters. The van der Waals surface area contributed by atoms with Crippen molar-refractivity contribution in [2.45, 2.75) is 26.2 Å². The lowest BCUT2D eigenvalue weighted by atomic mass is 10.1. The molecule has 0 spiro atoms. The zero-order chi connectivity index (χ0) is 5.28. The molecule has 1 nitrogen and oxygen atoms in total. The summed E-state index contributed by atoms with van der Waals surface area (Å²) in [7, 11) is 0. The van der Waals surface area contributed by atoms with Crippen molar-refractivity contribution in [3.05, 3.63) is 6.04 Å². The molecule has 0 aromatic heterocycles. The molecule has 0 amide bonds. The number of hydrogen-bond acceptors (Lipinski definition) is 1. The Hall–Kier alpha value is -0.0400. The van der Waals surface area contributed by atoms with Crippen molar-refractivity contribution in [3.8, 4) is 0 Å². The zero-order valence-electron chi connectivity index (χ0n) is 4.78. The molecule has 7 heavy (non-hydrogen) atoms. The molecule has 1 aliphatic carbocycles. The number of rotatable bonds is 2. The predicted molar refractivity (Wildman–Crippen MR) is 30.4 cm³/mol. The minimum atomic E-state index is 0.810. The van der Waals surface area contributed by atoms with Gasteiger partial charge in [0.2, 0.25) is 0 Å². The van der Waals surface area contributed by atoms with Gasteiger partial charge in [-0.15, -0.1) is 0 Å². The Morgan fingerprint density at radius 1 is 1.71 bits per heavy atom. The molecule has 1 fully saturated rings. The minimum absolute atomic E-state index is 0.810. The van der Waals surface area contributed by atoms with E-state index in [-0.39, 0.29) is 0 Å². The van der Waals surface area contributed by atoms with Gasteiger partial charge in [-0.2, -0.15) is 0 Å². The van der Waals surface area contributed by atoms with Crippen molar-refractivity contribution < 1.29 is 0 Å². The van der Waals surface area contributed by atoms with Gasteiger partial charge in [0.05, 0.1) is 0 Å². The van der Waals surface area contributed by atoms with Gasteiger partial charge in [-0.05, 0) is 25.2 Å². The van der Waals surface area contributed by atoms with E-state index >= 15 is 0 Å². The smallest absolute Gasteiger partial charge is 0.0365 e. The van der Waals surface area contributed by atoms with Crippen molar-refractivity contribution in [1.29, 1.82) is 0 Å². The Kier molecular flexibility index (Phi) is 1.33. The summed E-state index contributed by atoms with van der Waals surface area (Å²) in [5.74, 6) is 0.810. The normalized spacial score (nSPS) is 21.0. The zero-order valence-corrected chi connectivity index (χ0v) is 4.78. The van der Waals surface area contributed by atoms with Crippen LogP contribution < -0.4 is 5.73 Å². The van der Waals surface area contributed by atoms with Crippen LogP contribution in [-0.2, 0) is 0 Å². The van der Waals surface area contributed by atoms with Crippen LogP contribution in [0.2, 0.25) is 0 Å². The van der Waals surface area contributed by atoms with Crippen molar-refractivity contribution in [3.63, 3.8) is 0 Å². The Morgan fingerprint density at radius 3 is 2.43 bits per heavy atom. The van der Waals surface area contributed by atoms with Crippen LogP contribution in [0.3, 0.4) is 0 Å². The van der Waals surface area contributed by atoms with Gasteiger partial charge in [-0.25, -0.2) is 0 Å². The van der Waals surface area contributed by atoms with Gasteiger partial charge in [-0.1, -0.05) is 6.92 Å². The van der Waals surface area contributed by atoms with Crippen LogP contribution in [0.15, 0.2) is 0 Å². The van der Waals surface area contributed by atoms with Gasteiger partial charge in [-0.3, -0.25) is 0 Å². The fraction of sp³-hybridized carbons (Fsp3) is 0.833. The molecule has 0 aromatic carbocycles. The fourth-order valence-corrected chi connectivity index (χ4v) is 0.743. The summed E-state index contributed by atoms with van der Waals surface area (Å²) in [4.78, 5) is 0. The highest BCUT2D eigenvalue weighted by molar-refractivity contribution is 4.97. The fourth-order valence-electron chi connectivity index (χ4n) is 0.743. The van der Waals surface area contributed by atoms with Gasteiger partial charge >= 0.3 is 0 Å². The lowest BCUT2D eigenvalue weighted by Crippen LogP contribution is -2.09. The summed E-state index contributed by atoms with van der Waals surface area (Å²) >= 11 is 0. The van der Waals surface area contributed by atoms with Gasteiger partial charge < -0.3 is 5.73 Å². The summed E-state index contributed by atoms with van der Waals surface area (Å²) in [6.45, 7) is 2.12. The molecule has 1 saturated carbocycles. The number of hydrogen-bond donors (Lipinski definition) is 1. The molecule has 0 heterocycles. The number of nitrogens with two attached hydrogens (primary N) is 1. The van der Waals surface area contributed by atoms with Crippen LogP contribution >= 0.6 is 0 Å². The molecule has 1 aliphatic rings. The molecule has 0 bridgehead atoms. The molecular formula is C6H12N. The van der Waals surface area contributed by atoms with Gasteiger partial charge in [0.1, 0.15) is 0 Å². The van der Waals surface area contributed by atoms with E-state index in [1.807, 2.05) is 0 Å². The molecule has 0 aromatic rings. The summed E-state index contributed by atoms with van der Waals surface area (Å²) in [5, 5.41) is 0. The van der Waals surface area contributed by atoms with Gasteiger partial charge in [0, 0.05) is 6.04 Å². The lowest BCUT2D eigenvalue weighted by Gasteiger charge is -2.01. The van der Waals surface area contributed by atoms with E-state index in [0.717, 1.165) is 12.3 Å². The Balaban J connectivity index is 2.10. The third-order valence-electron chi connectivity index (χ3n) is 1.51. The van der Waals surface area contributed by atoms with Crippen LogP contribution in [0.5, 0.6) is 0 Å². The predicted octanol–water partition coefficient (Wildman–Crippen LogP) is 1.30. The largest absolute Gasteiger partial charge is 0.323 e. The maximum atomic E-state index is 5.59. The second kappa shape index (κ2) is 1.83. The molecule has 0 aliphatic heterocycles. The van der Waals surface area contributed by atoms with Gasteiger partial charge in [0.25, 0.3) is 0 Å². The maximum absolute atomic E-state index is 5.59. The second-order valence-electron chi connectivity index (χ2n) is 2.20. The van der Waals surface area contributed by atoms with Crippen molar-refractivity contribution in [1.82, 2.24) is 0 Å². The topological polar surface area (TPSA) is 26.0 Å². The van der Waals surface area contributed by atoms with E-state index in [2.05, 4.69) is 6.92 Å². The minimum Gasteiger partial charge on any atom is -0.323 e. The first kappa shape index (κ1) is 5.10. The summed E-state index contributed by atoms with van der Waals surface area (Å²) in [5.41, 5.74) is 5.59. The third-order valence-corrected chi connectivity index (χ3v) is 1.51. The van der Waals surface area contributed by atoms with Crippen LogP contribution in [0.4, 0.5) is 0 Å². The molecule has 2 N–H and O–H groups in total. The molecule has 0 saturated heterocycles. The lowest BCUT2D eigenvalue weighted by molar-refractivity contribution is 0.735. The second-order valence-corrected chi connectivity index (χ2v) is 2.20. The van der Waals surface area contributed by atoms with E-state index in [1.165, 1.54) is 18.9 Å². The quantitative estimate of drug-likeness (QED) is 0.553. The molecule has 41 valence electrons. The van der Waals surface area contributed by atoms with Crippen LogP contribution in [0.1, 0.15) is 26.2 Å². The molecule has 1 rings (SSSR count). The molecule has 0 unspecified atom stereocenters. The van der Waals surface area contributed by atoms with Crippen molar-refractivity contribution >= 4 is 0 Å². The van der Waals surface area contributed by atoms with E-state index in [4.69, 9.17) is 5.73 Å². The highest BCUT2D eigenvalue weighted by Gasteiger charge is 2.27. The van der Waals surface area contributed by atoms with Crippen LogP contribution in [-0.4, -0.2) is 0 Å². The standard InChI is InChI=1S/C6H12N/c1-2-6(7)5-3-4-5/h5H,2-4,7H2,1H3. The summed E-state index contributed by atoms with van der Waals surface area (Å²) in [6.07, 6.45) is 3.77. The van der Waals surface area contributed by atoms with Gasteiger partial charge in [0.15, 0.2) is 0 Å². The monoisotopic (exact) mass is 98.1 g/mol. The highest BCUT2D eigenvalue weighted by atomic mass is 14.7. The highest BCUT2D eigenvalue weighted by Crippen LogP contribution is 2.36. The van der Waals surface area contributed by atoms with Crippen molar-refractivity contribution in [2.24, 2.45) is 11.7 Å². The van der Waals surface area contributed by atoms with E-state index in [0.29, 0.717) is 0 Å². The first-order valence-corrected chi connectivity index (χ1v) is 2.95. The first-order valence-electron chi connectivity index (χ1n) is 2.95. The van der Waals surface area contributed by atoms with E-state index < -0.39 is 0 Å². The summed E-state index contributed by atoms with van der Waals surface area (Å²) in [6, 6.07) is 1.21. The SMILES string of the molecule is CC[C](N)C1CC1. The van der Waals surface area contributed by atoms with E-state index in [9.17, 15) is 0 Å². The average Bonchev–Trinajstić information content (AvgIpc) is 2.44. The van der Waals surface area contributed by atoms with E-state index in [1.54, 1.807) is 0 Å². The van der Waals surface area contributed by atoms with Crippen LogP contribution in [0.25, 0.3) is 0 Å². The Bertz CT molecular complexity index is 57.2. The Labute approximate surface area is 44.9 Å². The summed E-state index contributed by atoms with van der Waals surface area (Å²) < 4.78 is 0. The first-order chi connectivity index (χ1) is 3.34. The van der Waals surface area contributed by atoms with Crippen molar-refractivity contribution in [2.75, 3.05) is 0 Å². The molecular weight excluding hydrogens is 86.1 g/mol.